The highest BCUT2D eigenvalue weighted by Gasteiger charge is 1.96. The second-order valence-corrected chi connectivity index (χ2v) is 1.62. The first-order valence-electron chi connectivity index (χ1n) is 1.85. The molecule has 1 N–H and O–H groups in total. The second-order valence-electron chi connectivity index (χ2n) is 1.26. The van der Waals surface area contributed by atoms with Gasteiger partial charge in [-0.25, -0.2) is 0 Å². The van der Waals surface area contributed by atoms with Gasteiger partial charge in [0.1, 0.15) is 7.05 Å². The van der Waals surface area contributed by atoms with E-state index in [4.69, 9.17) is 11.6 Å². The van der Waals surface area contributed by atoms with Crippen molar-refractivity contribution in [3.63, 3.8) is 0 Å². The van der Waals surface area contributed by atoms with Crippen LogP contribution in [0.2, 0.25) is 5.28 Å². The van der Waals surface area contributed by atoms with Crippen LogP contribution in [0, 0.1) is 0 Å². The lowest BCUT2D eigenvalue weighted by atomic mass is 11.2. The molecule has 1 heterocycles. The number of H-pyrrole nitrogens is 1. The van der Waals surface area contributed by atoms with E-state index in [2.05, 4.69) is 10.1 Å². The molecule has 0 saturated carbocycles. The van der Waals surface area contributed by atoms with Crippen LogP contribution >= 0.6 is 11.6 Å². The molecule has 0 atom stereocenters. The van der Waals surface area contributed by atoms with Crippen molar-refractivity contribution in [2.75, 3.05) is 0 Å². The van der Waals surface area contributed by atoms with Crippen molar-refractivity contribution in [3.8, 4) is 0 Å². The Balaban J connectivity index is 3.04. The minimum atomic E-state index is 0.419. The number of nitrogens with one attached hydrogen (secondary N) is 1. The van der Waals surface area contributed by atoms with Gasteiger partial charge in [0.25, 0.3) is 0 Å². The van der Waals surface area contributed by atoms with Gasteiger partial charge in [-0.3, -0.25) is 0 Å². The Labute approximate surface area is 45.9 Å². The van der Waals surface area contributed by atoms with Crippen LogP contribution in [0.15, 0.2) is 6.33 Å². The molecule has 0 radical (unpaired) electrons. The van der Waals surface area contributed by atoms with E-state index in [1.165, 1.54) is 0 Å². The van der Waals surface area contributed by atoms with Crippen molar-refractivity contribution >= 4 is 11.6 Å². The number of aromatic amines is 1. The molecule has 38 valence electrons. The molecule has 0 aliphatic carbocycles. The summed E-state index contributed by atoms with van der Waals surface area (Å²) < 4.78 is 1.67. The molecule has 7 heavy (non-hydrogen) atoms. The molecule has 0 aliphatic heterocycles. The average molecular weight is 119 g/mol. The SMILES string of the molecule is C[n+]1cnc(Cl)[nH]1. The zero-order chi connectivity index (χ0) is 5.28. The molecule has 0 aromatic carbocycles. The summed E-state index contributed by atoms with van der Waals surface area (Å²) in [7, 11) is 1.82. The third kappa shape index (κ3) is 0.899. The molecule has 3 nitrogen and oxygen atoms in total. The van der Waals surface area contributed by atoms with Gasteiger partial charge in [-0.05, 0) is 16.6 Å². The Morgan fingerprint density at radius 2 is 2.71 bits per heavy atom. The standard InChI is InChI=1S/C3H4ClN3/c1-7-2-5-3(4)6-7/h2H,1H3/p+1. The van der Waals surface area contributed by atoms with Crippen LogP contribution in [0.5, 0.6) is 0 Å². The Morgan fingerprint density at radius 3 is 2.86 bits per heavy atom. The molecule has 0 fully saturated rings. The lowest BCUT2D eigenvalue weighted by Crippen LogP contribution is -2.28. The van der Waals surface area contributed by atoms with E-state index in [-0.39, 0.29) is 0 Å². The van der Waals surface area contributed by atoms with E-state index >= 15 is 0 Å². The number of aromatic nitrogens is 3. The first-order valence-corrected chi connectivity index (χ1v) is 2.23. The van der Waals surface area contributed by atoms with Gasteiger partial charge in [-0.2, -0.15) is 9.78 Å². The number of halogens is 1. The van der Waals surface area contributed by atoms with E-state index in [0.717, 1.165) is 0 Å². The molecule has 1 aromatic rings. The predicted octanol–water partition coefficient (Wildman–Crippen LogP) is -0.112. The van der Waals surface area contributed by atoms with Gasteiger partial charge in [-0.1, -0.05) is 0 Å². The molecular formula is C3H5ClN3+. The van der Waals surface area contributed by atoms with E-state index in [1.807, 2.05) is 7.05 Å². The normalized spacial score (nSPS) is 9.43. The summed E-state index contributed by atoms with van der Waals surface area (Å²) in [6, 6.07) is 0. The molecule has 0 amide bonds. The number of rotatable bonds is 0. The summed E-state index contributed by atoms with van der Waals surface area (Å²) in [5.41, 5.74) is 0. The second kappa shape index (κ2) is 1.50. The molecule has 0 spiro atoms. The molecule has 0 saturated heterocycles. The zero-order valence-corrected chi connectivity index (χ0v) is 4.61. The van der Waals surface area contributed by atoms with Crippen LogP contribution in [-0.2, 0) is 7.05 Å². The smallest absolute Gasteiger partial charge is 0.178 e. The Morgan fingerprint density at radius 1 is 2.00 bits per heavy atom. The molecule has 0 aliphatic rings. The largest absolute Gasteiger partial charge is 0.345 e. The summed E-state index contributed by atoms with van der Waals surface area (Å²) in [5.74, 6) is 0. The summed E-state index contributed by atoms with van der Waals surface area (Å²) in [6.45, 7) is 0. The van der Waals surface area contributed by atoms with Crippen LogP contribution in [0.1, 0.15) is 0 Å². The number of hydrogen-bond acceptors (Lipinski definition) is 1. The first-order chi connectivity index (χ1) is 3.29. The number of hydrogen-bond donors (Lipinski definition) is 1. The van der Waals surface area contributed by atoms with E-state index in [0.29, 0.717) is 5.28 Å². The lowest BCUT2D eigenvalue weighted by Gasteiger charge is -1.69. The lowest BCUT2D eigenvalue weighted by molar-refractivity contribution is -0.727. The van der Waals surface area contributed by atoms with Gasteiger partial charge >= 0.3 is 11.6 Å². The highest BCUT2D eigenvalue weighted by atomic mass is 35.5. The van der Waals surface area contributed by atoms with Gasteiger partial charge in [-0.15, -0.1) is 0 Å². The summed E-state index contributed by atoms with van der Waals surface area (Å²) in [6.07, 6.45) is 1.60. The highest BCUT2D eigenvalue weighted by molar-refractivity contribution is 6.28. The zero-order valence-electron chi connectivity index (χ0n) is 3.85. The monoisotopic (exact) mass is 118 g/mol. The Bertz CT molecular complexity index is 142. The van der Waals surface area contributed by atoms with Crippen molar-refractivity contribution in [1.29, 1.82) is 0 Å². The molecular weight excluding hydrogens is 114 g/mol. The van der Waals surface area contributed by atoms with Crippen LogP contribution in [0.3, 0.4) is 0 Å². The van der Waals surface area contributed by atoms with Crippen molar-refractivity contribution < 1.29 is 4.68 Å². The van der Waals surface area contributed by atoms with Crippen LogP contribution < -0.4 is 4.68 Å². The minimum absolute atomic E-state index is 0.419. The Kier molecular flexibility index (Phi) is 0.982. The van der Waals surface area contributed by atoms with Gasteiger partial charge in [0.05, 0.1) is 0 Å². The van der Waals surface area contributed by atoms with Crippen LogP contribution in [-0.4, -0.2) is 10.1 Å². The predicted molar refractivity (Wildman–Crippen MR) is 24.8 cm³/mol. The quantitative estimate of drug-likeness (QED) is 0.474. The highest BCUT2D eigenvalue weighted by Crippen LogP contribution is 1.88. The topological polar surface area (TPSA) is 32.6 Å². The third-order valence-electron chi connectivity index (χ3n) is 0.613. The summed E-state index contributed by atoms with van der Waals surface area (Å²) >= 11 is 5.37. The number of nitrogens with zero attached hydrogens (tertiary/aromatic N) is 2. The fourth-order valence-electron chi connectivity index (χ4n) is 0.341. The fraction of sp³-hybridized carbons (Fsp3) is 0.333. The average Bonchev–Trinajstić information content (AvgIpc) is 1.87. The fourth-order valence-corrected chi connectivity index (χ4v) is 0.518. The van der Waals surface area contributed by atoms with Crippen molar-refractivity contribution in [3.05, 3.63) is 11.6 Å². The molecule has 1 aromatic heterocycles. The maximum Gasteiger partial charge on any atom is 0.345 e. The first kappa shape index (κ1) is 4.59. The van der Waals surface area contributed by atoms with Crippen molar-refractivity contribution in [1.82, 2.24) is 10.1 Å². The molecule has 0 bridgehead atoms. The van der Waals surface area contributed by atoms with Gasteiger partial charge in [0, 0.05) is 0 Å². The maximum absolute atomic E-state index is 5.37. The van der Waals surface area contributed by atoms with E-state index in [1.54, 1.807) is 11.0 Å². The summed E-state index contributed by atoms with van der Waals surface area (Å²) in [4.78, 5) is 3.69. The number of aryl methyl sites for hydroxylation is 1. The van der Waals surface area contributed by atoms with Gasteiger partial charge in [0.2, 0.25) is 0 Å². The summed E-state index contributed by atoms with van der Waals surface area (Å²) in [5, 5.41) is 3.13. The molecule has 4 heteroatoms. The van der Waals surface area contributed by atoms with Crippen molar-refractivity contribution in [2.45, 2.75) is 0 Å². The molecule has 1 rings (SSSR count). The molecule has 0 unspecified atom stereocenters. The van der Waals surface area contributed by atoms with Gasteiger partial charge < -0.3 is 0 Å². The Hall–Kier alpha value is -0.570. The van der Waals surface area contributed by atoms with Gasteiger partial charge in [0.15, 0.2) is 0 Å². The van der Waals surface area contributed by atoms with E-state index in [9.17, 15) is 0 Å². The third-order valence-corrected chi connectivity index (χ3v) is 0.795. The van der Waals surface area contributed by atoms with Crippen LogP contribution in [0.25, 0.3) is 0 Å². The van der Waals surface area contributed by atoms with E-state index < -0.39 is 0 Å². The van der Waals surface area contributed by atoms with Crippen molar-refractivity contribution in [2.24, 2.45) is 7.05 Å². The van der Waals surface area contributed by atoms with Crippen LogP contribution in [0.4, 0.5) is 0 Å². The maximum atomic E-state index is 5.37. The minimum Gasteiger partial charge on any atom is -0.178 e.